The molecular weight excluding hydrogens is 480 g/mol. The molecule has 0 aromatic heterocycles. The summed E-state index contributed by atoms with van der Waals surface area (Å²) in [7, 11) is -4.24. The summed E-state index contributed by atoms with van der Waals surface area (Å²) in [4.78, 5) is 51.2. The third-order valence-electron chi connectivity index (χ3n) is 9.47. The van der Waals surface area contributed by atoms with Crippen LogP contribution in [0.25, 0.3) is 0 Å². The zero-order valence-corrected chi connectivity index (χ0v) is 20.5. The Morgan fingerprint density at radius 1 is 1.26 bits per heavy atom. The zero-order valence-electron chi connectivity index (χ0n) is 19.7. The highest BCUT2D eigenvalue weighted by atomic mass is 32.2. The molecule has 35 heavy (non-hydrogen) atoms. The van der Waals surface area contributed by atoms with Gasteiger partial charge in [-0.2, -0.15) is 8.42 Å². The van der Waals surface area contributed by atoms with Crippen molar-refractivity contribution in [3.63, 3.8) is 0 Å². The van der Waals surface area contributed by atoms with Gasteiger partial charge in [-0.3, -0.25) is 18.9 Å². The third kappa shape index (κ3) is 3.94. The summed E-state index contributed by atoms with van der Waals surface area (Å²) in [6.45, 7) is 1.36. The number of rotatable bonds is 9. The van der Waals surface area contributed by atoms with Crippen LogP contribution in [0.5, 0.6) is 0 Å². The molecule has 0 aromatic rings. The molecule has 194 valence electrons. The quantitative estimate of drug-likeness (QED) is 0.207. The van der Waals surface area contributed by atoms with Crippen molar-refractivity contribution in [1.29, 1.82) is 0 Å². The minimum absolute atomic E-state index is 0.131. The van der Waals surface area contributed by atoms with E-state index in [2.05, 4.69) is 0 Å². The van der Waals surface area contributed by atoms with Gasteiger partial charge in [0.05, 0.1) is 35.7 Å². The largest absolute Gasteiger partial charge is 0.458 e. The van der Waals surface area contributed by atoms with Gasteiger partial charge >= 0.3 is 11.9 Å². The molecule has 0 spiro atoms. The minimum Gasteiger partial charge on any atom is -0.458 e. The van der Waals surface area contributed by atoms with Crippen LogP contribution < -0.4 is 0 Å². The van der Waals surface area contributed by atoms with E-state index in [0.717, 1.165) is 12.8 Å². The number of aldehydes is 1. The first-order valence-electron chi connectivity index (χ1n) is 12.5. The van der Waals surface area contributed by atoms with Gasteiger partial charge in [-0.05, 0) is 44.4 Å². The predicted octanol–water partition coefficient (Wildman–Crippen LogP) is 1.35. The van der Waals surface area contributed by atoms with E-state index in [-0.39, 0.29) is 30.8 Å². The summed E-state index contributed by atoms with van der Waals surface area (Å²) >= 11 is 0. The Balaban J connectivity index is 1.36. The number of hydrogen-bond donors (Lipinski definition) is 1. The maximum atomic E-state index is 13.7. The summed E-state index contributed by atoms with van der Waals surface area (Å²) in [6.07, 6.45) is 3.54. The maximum Gasteiger partial charge on any atom is 0.312 e. The van der Waals surface area contributed by atoms with Crippen LogP contribution in [0.2, 0.25) is 0 Å². The van der Waals surface area contributed by atoms with Gasteiger partial charge in [0.25, 0.3) is 10.1 Å². The van der Waals surface area contributed by atoms with Crippen molar-refractivity contribution < 1.29 is 46.4 Å². The lowest BCUT2D eigenvalue weighted by Gasteiger charge is -2.46. The lowest BCUT2D eigenvalue weighted by Crippen LogP contribution is -2.53. The van der Waals surface area contributed by atoms with Gasteiger partial charge in [-0.25, -0.2) is 0 Å². The van der Waals surface area contributed by atoms with Gasteiger partial charge in [0.1, 0.15) is 24.3 Å². The van der Waals surface area contributed by atoms with Crippen LogP contribution in [0.1, 0.15) is 51.9 Å². The predicted molar refractivity (Wildman–Crippen MR) is 118 cm³/mol. The molecule has 1 saturated heterocycles. The van der Waals surface area contributed by atoms with Crippen molar-refractivity contribution in [2.45, 2.75) is 64.1 Å². The van der Waals surface area contributed by atoms with E-state index in [1.807, 2.05) is 6.92 Å². The summed E-state index contributed by atoms with van der Waals surface area (Å²) in [6, 6.07) is 0. The summed E-state index contributed by atoms with van der Waals surface area (Å²) in [5.41, 5.74) is -2.07. The lowest BCUT2D eigenvalue weighted by molar-refractivity contribution is -0.181. The van der Waals surface area contributed by atoms with Crippen LogP contribution in [-0.4, -0.2) is 68.2 Å². The van der Waals surface area contributed by atoms with Crippen molar-refractivity contribution in [1.82, 2.24) is 0 Å². The van der Waals surface area contributed by atoms with Crippen LogP contribution in [0.15, 0.2) is 0 Å². The second-order valence-electron chi connectivity index (χ2n) is 11.2. The van der Waals surface area contributed by atoms with E-state index in [9.17, 15) is 27.6 Å². The van der Waals surface area contributed by atoms with Crippen LogP contribution >= 0.6 is 0 Å². The van der Waals surface area contributed by atoms with E-state index in [0.29, 0.717) is 44.3 Å². The zero-order chi connectivity index (χ0) is 25.2. The van der Waals surface area contributed by atoms with E-state index in [1.54, 1.807) is 0 Å². The number of ether oxygens (including phenoxy) is 3. The molecule has 5 fully saturated rings. The fourth-order valence-electron chi connectivity index (χ4n) is 7.76. The molecule has 9 unspecified atom stereocenters. The molecule has 1 N–H and O–H groups in total. The minimum atomic E-state index is -4.24. The van der Waals surface area contributed by atoms with Crippen molar-refractivity contribution in [2.24, 2.45) is 40.4 Å². The highest BCUT2D eigenvalue weighted by Crippen LogP contribution is 2.64. The van der Waals surface area contributed by atoms with Gasteiger partial charge in [0.15, 0.2) is 0 Å². The number of esters is 2. The van der Waals surface area contributed by atoms with E-state index in [1.165, 1.54) is 0 Å². The van der Waals surface area contributed by atoms with Gasteiger partial charge in [0.2, 0.25) is 0 Å². The first-order chi connectivity index (χ1) is 16.5. The van der Waals surface area contributed by atoms with E-state index in [4.69, 9.17) is 18.8 Å². The maximum absolute atomic E-state index is 13.7. The monoisotopic (exact) mass is 512 g/mol. The van der Waals surface area contributed by atoms with Crippen LogP contribution in [0.4, 0.5) is 0 Å². The molecule has 4 aliphatic carbocycles. The van der Waals surface area contributed by atoms with E-state index >= 15 is 0 Å². The molecule has 0 radical (unpaired) electrons. The number of ketones is 1. The number of Topliss-reactive ketones (excluding diaryl/α,β-unsaturated/α-hetero) is 1. The number of fused-ring (bicyclic) bond motifs is 3. The Morgan fingerprint density at radius 3 is 2.71 bits per heavy atom. The smallest absolute Gasteiger partial charge is 0.312 e. The Labute approximate surface area is 204 Å². The molecule has 0 amide bonds. The van der Waals surface area contributed by atoms with Gasteiger partial charge in [0, 0.05) is 24.2 Å². The highest BCUT2D eigenvalue weighted by molar-refractivity contribution is 7.85. The molecule has 10 nitrogen and oxygen atoms in total. The summed E-state index contributed by atoms with van der Waals surface area (Å²) < 4.78 is 48.1. The molecule has 9 atom stereocenters. The molecule has 5 rings (SSSR count). The molecule has 1 heterocycles. The molecule has 11 heteroatoms. The Morgan fingerprint density at radius 2 is 2.03 bits per heavy atom. The number of carbonyl (C=O) groups is 4. The average Bonchev–Trinajstić information content (AvgIpc) is 3.41. The number of carbonyl (C=O) groups excluding carboxylic acids is 4. The van der Waals surface area contributed by atoms with Gasteiger partial charge in [-0.15, -0.1) is 0 Å². The topological polar surface area (TPSA) is 150 Å². The van der Waals surface area contributed by atoms with Gasteiger partial charge in [-0.1, -0.05) is 6.92 Å². The van der Waals surface area contributed by atoms with Crippen LogP contribution in [0.3, 0.4) is 0 Å². The molecule has 0 aromatic carbocycles. The molecule has 4 bridgehead atoms. The molecule has 4 saturated carbocycles. The summed E-state index contributed by atoms with van der Waals surface area (Å²) in [5, 5.41) is 0. The van der Waals surface area contributed by atoms with E-state index < -0.39 is 62.7 Å². The second kappa shape index (κ2) is 8.62. The normalized spacial score (nSPS) is 43.8. The first kappa shape index (κ1) is 24.8. The fraction of sp³-hybridized carbons (Fsp3) is 0.833. The Hall–Kier alpha value is -1.85. The summed E-state index contributed by atoms with van der Waals surface area (Å²) in [5.74, 6) is -2.70. The Bertz CT molecular complexity index is 1040. The number of hydrogen-bond acceptors (Lipinski definition) is 9. The van der Waals surface area contributed by atoms with Crippen LogP contribution in [0, 0.1) is 40.4 Å². The van der Waals surface area contributed by atoms with Gasteiger partial charge < -0.3 is 19.0 Å². The van der Waals surface area contributed by atoms with Crippen LogP contribution in [-0.2, 0) is 43.5 Å². The van der Waals surface area contributed by atoms with Crippen molar-refractivity contribution in [3.05, 3.63) is 0 Å². The molecule has 1 aliphatic heterocycles. The SMILES string of the molecule is CCC1(C(=O)OC2C3OC(=O)C4C3CC2C4(C=O)COCCS(=O)(=O)O)CC2CCC(=O)C(C2)C1. The lowest BCUT2D eigenvalue weighted by atomic mass is 9.59. The molecular formula is C24H32O10S. The first-order valence-corrected chi connectivity index (χ1v) is 14.1. The average molecular weight is 513 g/mol. The van der Waals surface area contributed by atoms with Crippen molar-refractivity contribution >= 4 is 34.1 Å². The highest BCUT2D eigenvalue weighted by Gasteiger charge is 2.75. The standard InChI is InChI=1S/C24H32O10S/c1-2-23(9-13-3-4-17(26)14(7-13)10-23)22(28)34-20-16-8-15-18(21(27)33-19(15)20)24(16,11-25)12-32-5-6-35(29,30)31/h11,13-16,18-20H,2-10,12H2,1H3,(H,29,30,31). The van der Waals surface area contributed by atoms with Crippen molar-refractivity contribution in [2.75, 3.05) is 19.0 Å². The fourth-order valence-corrected chi connectivity index (χ4v) is 8.09. The van der Waals surface area contributed by atoms with Crippen molar-refractivity contribution in [3.8, 4) is 0 Å². The molecule has 5 aliphatic rings. The Kier molecular flexibility index (Phi) is 6.12. The third-order valence-corrected chi connectivity index (χ3v) is 10.2. The second-order valence-corrected chi connectivity index (χ2v) is 12.7.